The van der Waals surface area contributed by atoms with E-state index < -0.39 is 0 Å². The summed E-state index contributed by atoms with van der Waals surface area (Å²) in [5.41, 5.74) is 9.13. The summed E-state index contributed by atoms with van der Waals surface area (Å²) in [5, 5.41) is 2.92. The van der Waals surface area contributed by atoms with E-state index in [0.29, 0.717) is 5.69 Å². The molecular formula is C14H21N4O. The molecule has 1 heterocycles. The van der Waals surface area contributed by atoms with E-state index in [1.807, 2.05) is 30.9 Å². The fourth-order valence-corrected chi connectivity index (χ4v) is 2.18. The third kappa shape index (κ3) is 3.53. The molecule has 0 bridgehead atoms. The van der Waals surface area contributed by atoms with Crippen molar-refractivity contribution in [2.75, 3.05) is 31.1 Å². The van der Waals surface area contributed by atoms with Crippen LogP contribution in [0.25, 0.3) is 0 Å². The molecule has 1 aromatic rings. The number of carbonyl (C=O) groups is 1. The number of benzene rings is 1. The maximum absolute atomic E-state index is 11.9. The Hall–Kier alpha value is -1.91. The van der Waals surface area contributed by atoms with Gasteiger partial charge >= 0.3 is 6.03 Å². The molecule has 0 spiro atoms. The lowest BCUT2D eigenvalue weighted by atomic mass is 10.2. The molecule has 1 saturated heterocycles. The zero-order valence-electron chi connectivity index (χ0n) is 11.5. The molecule has 1 fully saturated rings. The molecule has 0 atom stereocenters. The molecule has 0 aromatic heterocycles. The lowest BCUT2D eigenvalue weighted by Crippen LogP contribution is -2.52. The van der Waals surface area contributed by atoms with Crippen LogP contribution in [0, 0.1) is 0 Å². The van der Waals surface area contributed by atoms with Crippen LogP contribution < -0.4 is 16.0 Å². The molecule has 0 unspecified atom stereocenters. The Balaban J connectivity index is 1.88. The second-order valence-corrected chi connectivity index (χ2v) is 5.13. The van der Waals surface area contributed by atoms with Gasteiger partial charge in [0.1, 0.15) is 0 Å². The first-order chi connectivity index (χ1) is 9.06. The van der Waals surface area contributed by atoms with Gasteiger partial charge in [0, 0.05) is 37.9 Å². The number of nitrogens with one attached hydrogen (secondary N) is 2. The maximum Gasteiger partial charge on any atom is 0.317 e. The molecule has 1 aliphatic rings. The molecule has 19 heavy (non-hydrogen) atoms. The highest BCUT2D eigenvalue weighted by molar-refractivity contribution is 5.74. The van der Waals surface area contributed by atoms with Crippen molar-refractivity contribution in [3.63, 3.8) is 0 Å². The zero-order valence-corrected chi connectivity index (χ0v) is 11.5. The summed E-state index contributed by atoms with van der Waals surface area (Å²) in [7, 11) is 0. The van der Waals surface area contributed by atoms with Crippen LogP contribution in [0.4, 0.5) is 16.2 Å². The van der Waals surface area contributed by atoms with Gasteiger partial charge in [-0.15, -0.1) is 0 Å². The standard InChI is InChI=1S/C14H21N4O/c1-11(2)16-14(19)18-9-7-17(8-10-18)13-5-3-12(15)4-6-13/h3-6,11,15H,7-10H2,1-2H3,(H,16,19). The minimum absolute atomic E-state index is 0.0242. The number of urea groups is 1. The van der Waals surface area contributed by atoms with Crippen molar-refractivity contribution in [2.24, 2.45) is 0 Å². The second kappa shape index (κ2) is 5.82. The first kappa shape index (κ1) is 13.5. The van der Waals surface area contributed by atoms with E-state index in [-0.39, 0.29) is 12.1 Å². The number of carbonyl (C=O) groups excluding carboxylic acids is 1. The summed E-state index contributed by atoms with van der Waals surface area (Å²) < 4.78 is 0. The average molecular weight is 261 g/mol. The van der Waals surface area contributed by atoms with Crippen molar-refractivity contribution in [3.8, 4) is 0 Å². The summed E-state index contributed by atoms with van der Waals surface area (Å²) in [6.07, 6.45) is 0. The molecule has 1 aliphatic heterocycles. The number of anilines is 1. The minimum atomic E-state index is 0.0242. The molecule has 0 aliphatic carbocycles. The van der Waals surface area contributed by atoms with Crippen molar-refractivity contribution >= 4 is 17.4 Å². The van der Waals surface area contributed by atoms with Crippen LogP contribution in [0.2, 0.25) is 0 Å². The van der Waals surface area contributed by atoms with Gasteiger partial charge in [-0.05, 0) is 38.1 Å². The zero-order chi connectivity index (χ0) is 13.8. The number of hydrogen-bond acceptors (Lipinski definition) is 2. The van der Waals surface area contributed by atoms with E-state index in [4.69, 9.17) is 5.73 Å². The Morgan fingerprint density at radius 1 is 1.16 bits per heavy atom. The molecule has 5 heteroatoms. The molecule has 5 nitrogen and oxygen atoms in total. The molecule has 2 amide bonds. The van der Waals surface area contributed by atoms with Crippen LogP contribution in [-0.2, 0) is 0 Å². The molecule has 2 N–H and O–H groups in total. The third-order valence-corrected chi connectivity index (χ3v) is 3.21. The van der Waals surface area contributed by atoms with Crippen molar-refractivity contribution < 1.29 is 4.79 Å². The van der Waals surface area contributed by atoms with Gasteiger partial charge in [0.15, 0.2) is 0 Å². The van der Waals surface area contributed by atoms with E-state index >= 15 is 0 Å². The van der Waals surface area contributed by atoms with E-state index in [2.05, 4.69) is 10.2 Å². The largest absolute Gasteiger partial charge is 0.368 e. The monoisotopic (exact) mass is 261 g/mol. The Morgan fingerprint density at radius 2 is 1.74 bits per heavy atom. The number of amides is 2. The predicted molar refractivity (Wildman–Crippen MR) is 76.7 cm³/mol. The number of nitrogens with zero attached hydrogens (tertiary/aromatic N) is 2. The van der Waals surface area contributed by atoms with Gasteiger partial charge in [-0.2, -0.15) is 0 Å². The second-order valence-electron chi connectivity index (χ2n) is 5.13. The third-order valence-electron chi connectivity index (χ3n) is 3.21. The van der Waals surface area contributed by atoms with E-state index in [0.717, 1.165) is 31.9 Å². The lowest BCUT2D eigenvalue weighted by Gasteiger charge is -2.36. The Bertz CT molecular complexity index is 422. The van der Waals surface area contributed by atoms with Crippen molar-refractivity contribution in [1.82, 2.24) is 16.0 Å². The highest BCUT2D eigenvalue weighted by Gasteiger charge is 2.21. The lowest BCUT2D eigenvalue weighted by molar-refractivity contribution is 0.192. The Kier molecular flexibility index (Phi) is 4.14. The number of rotatable bonds is 2. The van der Waals surface area contributed by atoms with Gasteiger partial charge in [0.05, 0.1) is 5.69 Å². The highest BCUT2D eigenvalue weighted by Crippen LogP contribution is 2.18. The summed E-state index contributed by atoms with van der Waals surface area (Å²) in [5.74, 6) is 0. The average Bonchev–Trinajstić information content (AvgIpc) is 2.39. The van der Waals surface area contributed by atoms with Crippen LogP contribution in [0.1, 0.15) is 13.8 Å². The normalized spacial score (nSPS) is 15.7. The van der Waals surface area contributed by atoms with E-state index in [1.165, 1.54) is 0 Å². The predicted octanol–water partition coefficient (Wildman–Crippen LogP) is 1.84. The van der Waals surface area contributed by atoms with Gasteiger partial charge in [0.2, 0.25) is 0 Å². The maximum atomic E-state index is 11.9. The first-order valence-corrected chi connectivity index (χ1v) is 6.68. The van der Waals surface area contributed by atoms with E-state index in [1.54, 1.807) is 12.1 Å². The number of hydrogen-bond donors (Lipinski definition) is 1. The molecule has 0 saturated carbocycles. The van der Waals surface area contributed by atoms with Crippen molar-refractivity contribution in [1.29, 1.82) is 0 Å². The van der Waals surface area contributed by atoms with Crippen LogP contribution in [0.5, 0.6) is 0 Å². The van der Waals surface area contributed by atoms with Crippen LogP contribution >= 0.6 is 0 Å². The number of piperazine rings is 1. The molecule has 103 valence electrons. The quantitative estimate of drug-likeness (QED) is 0.883. The Morgan fingerprint density at radius 3 is 2.26 bits per heavy atom. The van der Waals surface area contributed by atoms with Gasteiger partial charge in [0.25, 0.3) is 0 Å². The molecule has 2 rings (SSSR count). The summed E-state index contributed by atoms with van der Waals surface area (Å²) >= 11 is 0. The van der Waals surface area contributed by atoms with E-state index in [9.17, 15) is 4.79 Å². The van der Waals surface area contributed by atoms with Gasteiger partial charge in [-0.3, -0.25) is 0 Å². The summed E-state index contributed by atoms with van der Waals surface area (Å²) in [4.78, 5) is 16.0. The molecule has 1 aromatic carbocycles. The van der Waals surface area contributed by atoms with Gasteiger partial charge < -0.3 is 20.9 Å². The fourth-order valence-electron chi connectivity index (χ4n) is 2.18. The molecule has 1 radical (unpaired) electrons. The van der Waals surface area contributed by atoms with Crippen LogP contribution in [-0.4, -0.2) is 43.2 Å². The fraction of sp³-hybridized carbons (Fsp3) is 0.500. The van der Waals surface area contributed by atoms with Crippen molar-refractivity contribution in [3.05, 3.63) is 24.3 Å². The molecular weight excluding hydrogens is 240 g/mol. The summed E-state index contributed by atoms with van der Waals surface area (Å²) in [6, 6.07) is 7.73. The van der Waals surface area contributed by atoms with Crippen LogP contribution in [0.3, 0.4) is 0 Å². The van der Waals surface area contributed by atoms with Gasteiger partial charge in [-0.25, -0.2) is 4.79 Å². The first-order valence-electron chi connectivity index (χ1n) is 6.68. The summed E-state index contributed by atoms with van der Waals surface area (Å²) in [6.45, 7) is 7.08. The highest BCUT2D eigenvalue weighted by atomic mass is 16.2. The topological polar surface area (TPSA) is 59.4 Å². The van der Waals surface area contributed by atoms with Crippen LogP contribution in [0.15, 0.2) is 24.3 Å². The Labute approximate surface area is 114 Å². The smallest absolute Gasteiger partial charge is 0.317 e. The van der Waals surface area contributed by atoms with Crippen molar-refractivity contribution in [2.45, 2.75) is 19.9 Å². The van der Waals surface area contributed by atoms with Gasteiger partial charge in [-0.1, -0.05) is 0 Å². The minimum Gasteiger partial charge on any atom is -0.368 e. The SMILES string of the molecule is CC(C)NC(=O)N1CCN(c2ccc([NH])cc2)CC1.